The standard InChI is InChI=1S/C31H44N8O3/c1-5-6-21(2)7-8-24-19-25(31(41)38-15-17-42-18-16-38)9-10-26(24)27(30-34-36-37-35-30)11-13-33-20-28(40)39(14-12-32)29-22(3)23(29)4/h6,9-10,19,22-23,27,29,33H,5,7-8,11,13-18,20H2,1-4H3,(H,34,35,36,37)/b21-6+/t22-,23?,27?,29?/m0/s1. The number of carbonyl (C=O) groups excluding carboxylic acids is 2. The number of aryl methyl sites for hydroxylation is 1. The molecule has 2 aliphatic rings. The monoisotopic (exact) mass is 576 g/mol. The number of nitrogens with one attached hydrogen (secondary N) is 2. The third-order valence-corrected chi connectivity index (χ3v) is 8.65. The molecule has 1 saturated heterocycles. The van der Waals surface area contributed by atoms with Crippen LogP contribution in [0.4, 0.5) is 0 Å². The number of morpholine rings is 1. The fourth-order valence-electron chi connectivity index (χ4n) is 5.95. The molecule has 4 rings (SSSR count). The summed E-state index contributed by atoms with van der Waals surface area (Å²) in [5, 5.41) is 27.6. The summed E-state index contributed by atoms with van der Waals surface area (Å²) in [5.41, 5.74) is 4.12. The van der Waals surface area contributed by atoms with Gasteiger partial charge in [0.1, 0.15) is 6.54 Å². The lowest BCUT2D eigenvalue weighted by molar-refractivity contribution is -0.130. The van der Waals surface area contributed by atoms with Crippen LogP contribution in [-0.2, 0) is 16.0 Å². The average Bonchev–Trinajstić information content (AvgIpc) is 3.34. The summed E-state index contributed by atoms with van der Waals surface area (Å²) in [7, 11) is 0. The predicted molar refractivity (Wildman–Crippen MR) is 158 cm³/mol. The van der Waals surface area contributed by atoms with E-state index in [1.54, 1.807) is 4.90 Å². The van der Waals surface area contributed by atoms with Gasteiger partial charge in [0.15, 0.2) is 5.82 Å². The number of rotatable bonds is 14. The van der Waals surface area contributed by atoms with Crippen molar-refractivity contribution in [2.45, 2.75) is 65.3 Å². The molecular formula is C31H44N8O3. The van der Waals surface area contributed by atoms with Gasteiger partial charge in [-0.05, 0) is 74.2 Å². The molecule has 3 unspecified atom stereocenters. The lowest BCUT2D eigenvalue weighted by atomic mass is 9.87. The van der Waals surface area contributed by atoms with Crippen LogP contribution in [0.15, 0.2) is 29.8 Å². The van der Waals surface area contributed by atoms with Gasteiger partial charge in [-0.2, -0.15) is 10.5 Å². The number of hydrogen-bond acceptors (Lipinski definition) is 8. The number of aromatic amines is 1. The number of nitrogens with zero attached hydrogens (tertiary/aromatic N) is 6. The van der Waals surface area contributed by atoms with Crippen LogP contribution in [-0.4, -0.2) is 94.2 Å². The van der Waals surface area contributed by atoms with Gasteiger partial charge in [0, 0.05) is 30.6 Å². The molecule has 11 heteroatoms. The predicted octanol–water partition coefficient (Wildman–Crippen LogP) is 3.08. The maximum absolute atomic E-state index is 13.3. The highest BCUT2D eigenvalue weighted by Crippen LogP contribution is 2.42. The molecular weight excluding hydrogens is 532 g/mol. The molecule has 226 valence electrons. The largest absolute Gasteiger partial charge is 0.378 e. The zero-order valence-corrected chi connectivity index (χ0v) is 25.3. The van der Waals surface area contributed by atoms with Gasteiger partial charge in [0.2, 0.25) is 5.91 Å². The molecule has 2 fully saturated rings. The molecule has 2 aromatic rings. The number of tetrazole rings is 1. The van der Waals surface area contributed by atoms with Crippen molar-refractivity contribution in [3.05, 3.63) is 52.4 Å². The normalized spacial score (nSPS) is 21.1. The van der Waals surface area contributed by atoms with Crippen molar-refractivity contribution in [3.8, 4) is 6.07 Å². The molecule has 0 radical (unpaired) electrons. The SMILES string of the molecule is CC/C=C(\C)CCc1cc(C(=O)N2CCOCC2)ccc1C(CCNCC(=O)N(CC#N)C1C(C)[C@@H]1C)c1nn[nH]n1. The second kappa shape index (κ2) is 15.0. The molecule has 1 aromatic carbocycles. The minimum Gasteiger partial charge on any atom is -0.378 e. The minimum absolute atomic E-state index is 0.0180. The van der Waals surface area contributed by atoms with E-state index in [1.807, 2.05) is 23.1 Å². The molecule has 1 aliphatic carbocycles. The second-order valence-corrected chi connectivity index (χ2v) is 11.5. The Kier molecular flexibility index (Phi) is 11.2. The fourth-order valence-corrected chi connectivity index (χ4v) is 5.95. The highest BCUT2D eigenvalue weighted by molar-refractivity contribution is 5.94. The number of carbonyl (C=O) groups is 2. The highest BCUT2D eigenvalue weighted by Gasteiger charge is 2.48. The summed E-state index contributed by atoms with van der Waals surface area (Å²) < 4.78 is 5.43. The number of amides is 2. The number of hydrogen-bond donors (Lipinski definition) is 2. The van der Waals surface area contributed by atoms with Crippen LogP contribution in [0.25, 0.3) is 0 Å². The molecule has 42 heavy (non-hydrogen) atoms. The minimum atomic E-state index is -0.178. The molecule has 1 saturated carbocycles. The van der Waals surface area contributed by atoms with Crippen molar-refractivity contribution in [3.63, 3.8) is 0 Å². The van der Waals surface area contributed by atoms with E-state index in [4.69, 9.17) is 4.74 Å². The van der Waals surface area contributed by atoms with Crippen molar-refractivity contribution in [1.29, 1.82) is 5.26 Å². The van der Waals surface area contributed by atoms with Gasteiger partial charge in [-0.1, -0.05) is 43.7 Å². The van der Waals surface area contributed by atoms with Gasteiger partial charge in [0.25, 0.3) is 5.91 Å². The zero-order chi connectivity index (χ0) is 30.1. The van der Waals surface area contributed by atoms with Crippen LogP contribution in [0.2, 0.25) is 0 Å². The Hall–Kier alpha value is -3.62. The van der Waals surface area contributed by atoms with Gasteiger partial charge < -0.3 is 19.9 Å². The average molecular weight is 577 g/mol. The number of benzene rings is 1. The number of ether oxygens (including phenoxy) is 1. The maximum atomic E-state index is 13.3. The molecule has 0 bridgehead atoms. The third-order valence-electron chi connectivity index (χ3n) is 8.65. The zero-order valence-electron chi connectivity index (χ0n) is 25.3. The van der Waals surface area contributed by atoms with E-state index >= 15 is 0 Å². The lowest BCUT2D eigenvalue weighted by Gasteiger charge is -2.27. The van der Waals surface area contributed by atoms with E-state index in [1.165, 1.54) is 5.57 Å². The van der Waals surface area contributed by atoms with E-state index in [2.05, 4.69) is 65.8 Å². The van der Waals surface area contributed by atoms with E-state index in [-0.39, 0.29) is 36.9 Å². The third kappa shape index (κ3) is 7.81. The molecule has 2 N–H and O–H groups in total. The first-order valence-corrected chi connectivity index (χ1v) is 15.1. The van der Waals surface area contributed by atoms with Crippen LogP contribution in [0.5, 0.6) is 0 Å². The van der Waals surface area contributed by atoms with Crippen LogP contribution >= 0.6 is 0 Å². The van der Waals surface area contributed by atoms with Crippen molar-refractivity contribution < 1.29 is 14.3 Å². The summed E-state index contributed by atoms with van der Waals surface area (Å²) in [4.78, 5) is 29.8. The van der Waals surface area contributed by atoms with Crippen LogP contribution in [0.3, 0.4) is 0 Å². The molecule has 11 nitrogen and oxygen atoms in total. The van der Waals surface area contributed by atoms with E-state index in [0.29, 0.717) is 62.5 Å². The Balaban J connectivity index is 1.51. The van der Waals surface area contributed by atoms with E-state index < -0.39 is 0 Å². The summed E-state index contributed by atoms with van der Waals surface area (Å²) in [6.07, 6.45) is 5.51. The Morgan fingerprint density at radius 1 is 1.29 bits per heavy atom. The first kappa shape index (κ1) is 31.3. The van der Waals surface area contributed by atoms with Gasteiger partial charge in [-0.25, -0.2) is 0 Å². The van der Waals surface area contributed by atoms with Gasteiger partial charge in [0.05, 0.1) is 25.8 Å². The van der Waals surface area contributed by atoms with E-state index in [0.717, 1.165) is 30.4 Å². The van der Waals surface area contributed by atoms with Crippen molar-refractivity contribution in [2.75, 3.05) is 45.9 Å². The van der Waals surface area contributed by atoms with Crippen LogP contribution in [0, 0.1) is 23.2 Å². The number of nitriles is 1. The highest BCUT2D eigenvalue weighted by atomic mass is 16.5. The quantitative estimate of drug-likeness (QED) is 0.199. The summed E-state index contributed by atoms with van der Waals surface area (Å²) >= 11 is 0. The molecule has 1 aliphatic heterocycles. The molecule has 4 atom stereocenters. The molecule has 2 heterocycles. The molecule has 2 amide bonds. The molecule has 0 spiro atoms. The van der Waals surface area contributed by atoms with Crippen molar-refractivity contribution in [2.24, 2.45) is 11.8 Å². The Labute approximate surface area is 248 Å². The number of H-pyrrole nitrogens is 1. The summed E-state index contributed by atoms with van der Waals surface area (Å²) in [5.74, 6) is 1.19. The van der Waals surface area contributed by atoms with Gasteiger partial charge in [-0.15, -0.1) is 10.2 Å². The maximum Gasteiger partial charge on any atom is 0.254 e. The topological polar surface area (TPSA) is 140 Å². The Morgan fingerprint density at radius 3 is 2.69 bits per heavy atom. The summed E-state index contributed by atoms with van der Waals surface area (Å²) in [6.45, 7) is 11.6. The summed E-state index contributed by atoms with van der Waals surface area (Å²) in [6, 6.07) is 8.22. The first-order chi connectivity index (χ1) is 20.3. The van der Waals surface area contributed by atoms with Crippen molar-refractivity contribution >= 4 is 11.8 Å². The number of aromatic nitrogens is 4. The van der Waals surface area contributed by atoms with Crippen molar-refractivity contribution in [1.82, 2.24) is 35.7 Å². The Morgan fingerprint density at radius 2 is 2.05 bits per heavy atom. The van der Waals surface area contributed by atoms with Gasteiger partial charge >= 0.3 is 0 Å². The molecule has 1 aromatic heterocycles. The van der Waals surface area contributed by atoms with Gasteiger partial charge in [-0.3, -0.25) is 9.59 Å². The Bertz CT molecular complexity index is 1260. The number of allylic oxidation sites excluding steroid dienone is 2. The lowest BCUT2D eigenvalue weighted by Crippen LogP contribution is -2.41. The van der Waals surface area contributed by atoms with Crippen LogP contribution < -0.4 is 5.32 Å². The fraction of sp³-hybridized carbons (Fsp3) is 0.613. The second-order valence-electron chi connectivity index (χ2n) is 11.5. The van der Waals surface area contributed by atoms with E-state index in [9.17, 15) is 14.9 Å². The van der Waals surface area contributed by atoms with Crippen LogP contribution in [0.1, 0.15) is 80.2 Å². The smallest absolute Gasteiger partial charge is 0.254 e. The first-order valence-electron chi connectivity index (χ1n) is 15.1.